The Hall–Kier alpha value is -0.570. The minimum atomic E-state index is -0.709. The second-order valence-corrected chi connectivity index (χ2v) is 4.74. The van der Waals surface area contributed by atoms with Gasteiger partial charge in [0.2, 0.25) is 0 Å². The quantitative estimate of drug-likeness (QED) is 0.728. The number of hydrogen-bond donors (Lipinski definition) is 2. The molecule has 0 spiro atoms. The molecule has 0 radical (unpaired) electrons. The van der Waals surface area contributed by atoms with Crippen molar-refractivity contribution in [3.05, 3.63) is 0 Å². The average Bonchev–Trinajstić information content (AvgIpc) is 2.48. The molecule has 82 valence electrons. The van der Waals surface area contributed by atoms with Crippen molar-refractivity contribution in [1.82, 2.24) is 0 Å². The summed E-state index contributed by atoms with van der Waals surface area (Å²) in [5.74, 6) is -0.0283. The van der Waals surface area contributed by atoms with Gasteiger partial charge in [-0.3, -0.25) is 4.79 Å². The van der Waals surface area contributed by atoms with Crippen molar-refractivity contribution >= 4 is 5.97 Å². The molecule has 14 heavy (non-hydrogen) atoms. The minimum Gasteiger partial charge on any atom is -0.481 e. The number of carbonyl (C=O) groups is 1. The van der Waals surface area contributed by atoms with E-state index in [-0.39, 0.29) is 17.9 Å². The Morgan fingerprint density at radius 2 is 2.36 bits per heavy atom. The summed E-state index contributed by atoms with van der Waals surface area (Å²) in [6.45, 7) is 4.11. The van der Waals surface area contributed by atoms with Crippen molar-refractivity contribution in [1.29, 1.82) is 0 Å². The summed E-state index contributed by atoms with van der Waals surface area (Å²) in [5.41, 5.74) is 5.80. The molecule has 0 aliphatic heterocycles. The molecule has 3 unspecified atom stereocenters. The van der Waals surface area contributed by atoms with E-state index in [4.69, 9.17) is 10.8 Å². The van der Waals surface area contributed by atoms with Crippen molar-refractivity contribution in [2.45, 2.75) is 52.0 Å². The maximum atomic E-state index is 10.8. The molecule has 3 heteroatoms. The van der Waals surface area contributed by atoms with Gasteiger partial charge < -0.3 is 10.8 Å². The largest absolute Gasteiger partial charge is 0.481 e. The lowest BCUT2D eigenvalue weighted by atomic mass is 9.76. The van der Waals surface area contributed by atoms with Crippen LogP contribution in [0.15, 0.2) is 0 Å². The summed E-state index contributed by atoms with van der Waals surface area (Å²) in [6.07, 6.45) is 4.50. The van der Waals surface area contributed by atoms with E-state index < -0.39 is 5.97 Å². The standard InChI is InChI=1S/C11H21NO2/c1-3-9-4-5-11(6-9,8(2)12)7-10(13)14/h8-9H,3-7,12H2,1-2H3,(H,13,14). The number of carboxylic acid groups (broad SMARTS) is 1. The van der Waals surface area contributed by atoms with Gasteiger partial charge in [-0.1, -0.05) is 13.3 Å². The van der Waals surface area contributed by atoms with E-state index in [9.17, 15) is 4.79 Å². The highest BCUT2D eigenvalue weighted by atomic mass is 16.4. The zero-order valence-corrected chi connectivity index (χ0v) is 9.12. The summed E-state index contributed by atoms with van der Waals surface area (Å²) < 4.78 is 0. The van der Waals surface area contributed by atoms with Gasteiger partial charge in [0.1, 0.15) is 0 Å². The van der Waals surface area contributed by atoms with Crippen molar-refractivity contribution in [2.24, 2.45) is 17.1 Å². The summed E-state index contributed by atoms with van der Waals surface area (Å²) >= 11 is 0. The van der Waals surface area contributed by atoms with Crippen LogP contribution in [0.5, 0.6) is 0 Å². The van der Waals surface area contributed by atoms with E-state index >= 15 is 0 Å². The highest BCUT2D eigenvalue weighted by Crippen LogP contribution is 2.47. The van der Waals surface area contributed by atoms with E-state index in [0.717, 1.165) is 25.7 Å². The van der Waals surface area contributed by atoms with E-state index in [1.807, 2.05) is 6.92 Å². The minimum absolute atomic E-state index is 0.00449. The summed E-state index contributed by atoms with van der Waals surface area (Å²) in [7, 11) is 0. The van der Waals surface area contributed by atoms with Crippen LogP contribution in [0.25, 0.3) is 0 Å². The third kappa shape index (κ3) is 2.27. The van der Waals surface area contributed by atoms with Crippen LogP contribution in [0.1, 0.15) is 46.0 Å². The maximum absolute atomic E-state index is 10.8. The highest BCUT2D eigenvalue weighted by molar-refractivity contribution is 5.68. The molecule has 1 aliphatic rings. The molecule has 3 nitrogen and oxygen atoms in total. The van der Waals surface area contributed by atoms with Crippen LogP contribution < -0.4 is 5.73 Å². The molecule has 0 heterocycles. The third-order valence-corrected chi connectivity index (χ3v) is 3.79. The molecular weight excluding hydrogens is 178 g/mol. The molecule has 1 rings (SSSR count). The van der Waals surface area contributed by atoms with Gasteiger partial charge in [0.05, 0.1) is 6.42 Å². The van der Waals surface area contributed by atoms with Crippen LogP contribution >= 0.6 is 0 Å². The zero-order valence-electron chi connectivity index (χ0n) is 9.12. The van der Waals surface area contributed by atoms with Crippen LogP contribution in [0.3, 0.4) is 0 Å². The lowest BCUT2D eigenvalue weighted by molar-refractivity contribution is -0.140. The van der Waals surface area contributed by atoms with Gasteiger partial charge >= 0.3 is 5.97 Å². The molecule has 1 aliphatic carbocycles. The smallest absolute Gasteiger partial charge is 0.303 e. The van der Waals surface area contributed by atoms with Crippen molar-refractivity contribution in [3.63, 3.8) is 0 Å². The highest BCUT2D eigenvalue weighted by Gasteiger charge is 2.42. The fourth-order valence-electron chi connectivity index (χ4n) is 2.66. The molecule has 0 aromatic heterocycles. The lowest BCUT2D eigenvalue weighted by Crippen LogP contribution is -2.39. The second kappa shape index (κ2) is 4.30. The monoisotopic (exact) mass is 199 g/mol. The lowest BCUT2D eigenvalue weighted by Gasteiger charge is -2.32. The van der Waals surface area contributed by atoms with Gasteiger partial charge in [0, 0.05) is 6.04 Å². The predicted octanol–water partition coefficient (Wildman–Crippen LogP) is 2.00. The molecule has 3 atom stereocenters. The molecule has 1 saturated carbocycles. The van der Waals surface area contributed by atoms with Gasteiger partial charge in [0.25, 0.3) is 0 Å². The van der Waals surface area contributed by atoms with Crippen molar-refractivity contribution in [3.8, 4) is 0 Å². The van der Waals surface area contributed by atoms with Crippen LogP contribution in [0, 0.1) is 11.3 Å². The summed E-state index contributed by atoms with van der Waals surface area (Å²) in [5, 5.41) is 8.89. The molecule has 0 bridgehead atoms. The van der Waals surface area contributed by atoms with Crippen LogP contribution in [0.2, 0.25) is 0 Å². The predicted molar refractivity (Wildman–Crippen MR) is 56.0 cm³/mol. The van der Waals surface area contributed by atoms with Gasteiger partial charge in [-0.2, -0.15) is 0 Å². The first-order chi connectivity index (χ1) is 6.50. The number of carboxylic acids is 1. The van der Waals surface area contributed by atoms with Crippen LogP contribution in [0.4, 0.5) is 0 Å². The topological polar surface area (TPSA) is 63.3 Å². The first-order valence-electron chi connectivity index (χ1n) is 5.47. The molecule has 0 saturated heterocycles. The van der Waals surface area contributed by atoms with E-state index in [0.29, 0.717) is 5.92 Å². The van der Waals surface area contributed by atoms with E-state index in [2.05, 4.69) is 6.92 Å². The molecule has 0 aromatic rings. The van der Waals surface area contributed by atoms with Crippen molar-refractivity contribution in [2.75, 3.05) is 0 Å². The first kappa shape index (κ1) is 11.5. The van der Waals surface area contributed by atoms with Crippen LogP contribution in [-0.4, -0.2) is 17.1 Å². The Bertz CT molecular complexity index is 215. The first-order valence-corrected chi connectivity index (χ1v) is 5.47. The number of hydrogen-bond acceptors (Lipinski definition) is 2. The Balaban J connectivity index is 2.70. The van der Waals surface area contributed by atoms with Gasteiger partial charge in [-0.05, 0) is 37.5 Å². The second-order valence-electron chi connectivity index (χ2n) is 4.74. The van der Waals surface area contributed by atoms with E-state index in [1.54, 1.807) is 0 Å². The number of nitrogens with two attached hydrogens (primary N) is 1. The van der Waals surface area contributed by atoms with E-state index in [1.165, 1.54) is 0 Å². The Kier molecular flexibility index (Phi) is 3.53. The summed E-state index contributed by atoms with van der Waals surface area (Å²) in [6, 6.07) is -0.00449. The average molecular weight is 199 g/mol. The molecule has 0 amide bonds. The number of aliphatic carboxylic acids is 1. The van der Waals surface area contributed by atoms with Gasteiger partial charge in [0.15, 0.2) is 0 Å². The van der Waals surface area contributed by atoms with Gasteiger partial charge in [-0.25, -0.2) is 0 Å². The molecule has 3 N–H and O–H groups in total. The maximum Gasteiger partial charge on any atom is 0.303 e. The van der Waals surface area contributed by atoms with Crippen LogP contribution in [-0.2, 0) is 4.79 Å². The van der Waals surface area contributed by atoms with Crippen molar-refractivity contribution < 1.29 is 9.90 Å². The number of rotatable bonds is 4. The molecule has 0 aromatic carbocycles. The Morgan fingerprint density at radius 1 is 1.71 bits per heavy atom. The Labute approximate surface area is 85.7 Å². The summed E-state index contributed by atoms with van der Waals surface area (Å²) in [4.78, 5) is 10.8. The normalized spacial score (nSPS) is 34.4. The Morgan fingerprint density at radius 3 is 2.71 bits per heavy atom. The molecular formula is C11H21NO2. The third-order valence-electron chi connectivity index (χ3n) is 3.79. The molecule has 1 fully saturated rings. The van der Waals surface area contributed by atoms with Gasteiger partial charge in [-0.15, -0.1) is 0 Å². The fourth-order valence-corrected chi connectivity index (χ4v) is 2.66. The fraction of sp³-hybridized carbons (Fsp3) is 0.909. The SMILES string of the molecule is CCC1CCC(CC(=O)O)(C(C)N)C1. The zero-order chi connectivity index (χ0) is 10.8.